The average molecular weight is 280 g/mol. The molecule has 1 aromatic carbocycles. The van der Waals surface area contributed by atoms with Crippen molar-refractivity contribution in [1.82, 2.24) is 14.8 Å². The Labute approximate surface area is 124 Å². The molecule has 2 aromatic heterocycles. The monoisotopic (exact) mass is 280 g/mol. The summed E-state index contributed by atoms with van der Waals surface area (Å²) in [6.07, 6.45) is 3.02. The lowest BCUT2D eigenvalue weighted by Crippen LogP contribution is -2.04. The van der Waals surface area contributed by atoms with Crippen LogP contribution in [0.5, 0.6) is 0 Å². The Morgan fingerprint density at radius 1 is 1.24 bits per heavy atom. The van der Waals surface area contributed by atoms with Crippen LogP contribution in [0.3, 0.4) is 0 Å². The summed E-state index contributed by atoms with van der Waals surface area (Å²) in [5.41, 5.74) is 4.56. The van der Waals surface area contributed by atoms with Gasteiger partial charge >= 0.3 is 0 Å². The van der Waals surface area contributed by atoms with Crippen LogP contribution >= 0.6 is 0 Å². The predicted octanol–water partition coefficient (Wildman–Crippen LogP) is 3.45. The maximum Gasteiger partial charge on any atom is 0.129 e. The van der Waals surface area contributed by atoms with E-state index in [4.69, 9.17) is 4.98 Å². The van der Waals surface area contributed by atoms with Gasteiger partial charge in [0.05, 0.1) is 11.2 Å². The molecule has 4 heteroatoms. The van der Waals surface area contributed by atoms with Gasteiger partial charge in [-0.05, 0) is 31.0 Å². The Morgan fingerprint density at radius 3 is 2.86 bits per heavy atom. The van der Waals surface area contributed by atoms with Crippen molar-refractivity contribution in [2.75, 3.05) is 5.32 Å². The molecule has 0 unspecified atom stereocenters. The summed E-state index contributed by atoms with van der Waals surface area (Å²) in [7, 11) is 1.96. The second kappa shape index (κ2) is 5.56. The third kappa shape index (κ3) is 2.75. The number of nitrogens with zero attached hydrogens (tertiary/aromatic N) is 3. The van der Waals surface area contributed by atoms with Gasteiger partial charge in [0, 0.05) is 30.7 Å². The average Bonchev–Trinajstić information content (AvgIpc) is 2.85. The smallest absolute Gasteiger partial charge is 0.129 e. The lowest BCUT2D eigenvalue weighted by molar-refractivity contribution is 0.746. The highest BCUT2D eigenvalue weighted by Gasteiger charge is 2.07. The lowest BCUT2D eigenvalue weighted by Gasteiger charge is -2.10. The predicted molar refractivity (Wildman–Crippen MR) is 86.4 cm³/mol. The summed E-state index contributed by atoms with van der Waals surface area (Å²) >= 11 is 0. The van der Waals surface area contributed by atoms with Gasteiger partial charge in [-0.3, -0.25) is 4.68 Å². The molecule has 0 bridgehead atoms. The Morgan fingerprint density at radius 2 is 2.05 bits per heavy atom. The van der Waals surface area contributed by atoms with Crippen molar-refractivity contribution >= 4 is 16.7 Å². The van der Waals surface area contributed by atoms with E-state index in [0.717, 1.165) is 35.6 Å². The van der Waals surface area contributed by atoms with E-state index in [9.17, 15) is 0 Å². The summed E-state index contributed by atoms with van der Waals surface area (Å²) in [5.74, 6) is 0.944. The number of benzene rings is 1. The molecule has 0 saturated heterocycles. The minimum atomic E-state index is 0.753. The van der Waals surface area contributed by atoms with Gasteiger partial charge in [0.2, 0.25) is 0 Å². The highest BCUT2D eigenvalue weighted by Crippen LogP contribution is 2.20. The fraction of sp³-hybridized carbons (Fsp3) is 0.294. The van der Waals surface area contributed by atoms with Crippen LogP contribution < -0.4 is 5.32 Å². The first-order valence-corrected chi connectivity index (χ1v) is 7.29. The van der Waals surface area contributed by atoms with Gasteiger partial charge in [0.15, 0.2) is 0 Å². The lowest BCUT2D eigenvalue weighted by atomic mass is 10.1. The molecular weight excluding hydrogens is 260 g/mol. The van der Waals surface area contributed by atoms with E-state index < -0.39 is 0 Å². The number of nitrogens with one attached hydrogen (secondary N) is 1. The standard InChI is InChI=1S/C17H20N4/c1-4-15-14(11-21(3)20-15)10-18-17-12(2)9-13-7-5-6-8-16(13)19-17/h5-9,11H,4,10H2,1-3H3,(H,18,19). The quantitative estimate of drug-likeness (QED) is 0.796. The molecule has 2 heterocycles. The largest absolute Gasteiger partial charge is 0.366 e. The third-order valence-corrected chi connectivity index (χ3v) is 3.69. The number of aryl methyl sites for hydroxylation is 3. The van der Waals surface area contributed by atoms with Crippen molar-refractivity contribution in [2.45, 2.75) is 26.8 Å². The molecule has 4 nitrogen and oxygen atoms in total. The summed E-state index contributed by atoms with van der Waals surface area (Å²) in [6, 6.07) is 10.4. The molecule has 0 aliphatic rings. The van der Waals surface area contributed by atoms with E-state index in [1.807, 2.05) is 29.9 Å². The fourth-order valence-corrected chi connectivity index (χ4v) is 2.61. The van der Waals surface area contributed by atoms with E-state index in [1.54, 1.807) is 0 Å². The summed E-state index contributed by atoms with van der Waals surface area (Å²) in [6.45, 7) is 4.97. The number of hydrogen-bond donors (Lipinski definition) is 1. The molecule has 21 heavy (non-hydrogen) atoms. The summed E-state index contributed by atoms with van der Waals surface area (Å²) in [4.78, 5) is 4.71. The Bertz CT molecular complexity index is 774. The molecule has 3 rings (SSSR count). The van der Waals surface area contributed by atoms with Gasteiger partial charge in [-0.1, -0.05) is 25.1 Å². The topological polar surface area (TPSA) is 42.7 Å². The van der Waals surface area contributed by atoms with Crippen LogP contribution in [0, 0.1) is 6.92 Å². The first-order chi connectivity index (χ1) is 10.2. The van der Waals surface area contributed by atoms with Crippen LogP contribution in [0.2, 0.25) is 0 Å². The molecule has 0 radical (unpaired) electrons. The van der Waals surface area contributed by atoms with E-state index in [1.165, 1.54) is 10.9 Å². The number of para-hydroxylation sites is 1. The molecule has 0 aliphatic carbocycles. The second-order valence-corrected chi connectivity index (χ2v) is 5.33. The van der Waals surface area contributed by atoms with Crippen LogP contribution in [0.15, 0.2) is 36.5 Å². The molecule has 0 fully saturated rings. The molecule has 0 saturated carbocycles. The number of anilines is 1. The van der Waals surface area contributed by atoms with Crippen LogP contribution in [0.4, 0.5) is 5.82 Å². The number of fused-ring (bicyclic) bond motifs is 1. The summed E-state index contributed by atoms with van der Waals surface area (Å²) < 4.78 is 1.87. The SMILES string of the molecule is CCc1nn(C)cc1CNc1nc2ccccc2cc1C. The zero-order chi connectivity index (χ0) is 14.8. The number of hydrogen-bond acceptors (Lipinski definition) is 3. The van der Waals surface area contributed by atoms with Crippen molar-refractivity contribution in [1.29, 1.82) is 0 Å². The van der Waals surface area contributed by atoms with Crippen molar-refractivity contribution in [2.24, 2.45) is 7.05 Å². The molecule has 3 aromatic rings. The maximum atomic E-state index is 4.71. The molecular formula is C17H20N4. The van der Waals surface area contributed by atoms with Gasteiger partial charge in [0.25, 0.3) is 0 Å². The Balaban J connectivity index is 1.86. The first-order valence-electron chi connectivity index (χ1n) is 7.29. The van der Waals surface area contributed by atoms with Crippen LogP contribution in [-0.2, 0) is 20.0 Å². The molecule has 0 amide bonds. The molecule has 0 atom stereocenters. The normalized spacial score (nSPS) is 11.0. The van der Waals surface area contributed by atoms with Gasteiger partial charge in [-0.2, -0.15) is 5.10 Å². The fourth-order valence-electron chi connectivity index (χ4n) is 2.61. The van der Waals surface area contributed by atoms with Crippen molar-refractivity contribution in [3.8, 4) is 0 Å². The maximum absolute atomic E-state index is 4.71. The Hall–Kier alpha value is -2.36. The number of pyridine rings is 1. The Kier molecular flexibility index (Phi) is 3.60. The zero-order valence-electron chi connectivity index (χ0n) is 12.7. The third-order valence-electron chi connectivity index (χ3n) is 3.69. The summed E-state index contributed by atoms with van der Waals surface area (Å²) in [5, 5.41) is 9.09. The van der Waals surface area contributed by atoms with Crippen molar-refractivity contribution in [3.63, 3.8) is 0 Å². The van der Waals surface area contributed by atoms with Crippen LogP contribution in [-0.4, -0.2) is 14.8 Å². The first kappa shape index (κ1) is 13.6. The van der Waals surface area contributed by atoms with Crippen LogP contribution in [0.1, 0.15) is 23.7 Å². The molecule has 1 N–H and O–H groups in total. The van der Waals surface area contributed by atoms with E-state index >= 15 is 0 Å². The molecule has 0 aliphatic heterocycles. The van der Waals surface area contributed by atoms with E-state index in [2.05, 4.69) is 42.6 Å². The van der Waals surface area contributed by atoms with Crippen molar-refractivity contribution in [3.05, 3.63) is 53.3 Å². The number of rotatable bonds is 4. The van der Waals surface area contributed by atoms with Gasteiger partial charge < -0.3 is 5.32 Å². The minimum absolute atomic E-state index is 0.753. The minimum Gasteiger partial charge on any atom is -0.366 e. The zero-order valence-corrected chi connectivity index (χ0v) is 12.7. The highest BCUT2D eigenvalue weighted by molar-refractivity contribution is 5.81. The van der Waals surface area contributed by atoms with Gasteiger partial charge in [-0.25, -0.2) is 4.98 Å². The van der Waals surface area contributed by atoms with E-state index in [-0.39, 0.29) is 0 Å². The molecule has 108 valence electrons. The van der Waals surface area contributed by atoms with Gasteiger partial charge in [0.1, 0.15) is 5.82 Å². The van der Waals surface area contributed by atoms with E-state index in [0.29, 0.717) is 0 Å². The second-order valence-electron chi connectivity index (χ2n) is 5.33. The molecule has 0 spiro atoms. The van der Waals surface area contributed by atoms with Crippen LogP contribution in [0.25, 0.3) is 10.9 Å². The van der Waals surface area contributed by atoms with Crippen molar-refractivity contribution < 1.29 is 0 Å². The van der Waals surface area contributed by atoms with Gasteiger partial charge in [-0.15, -0.1) is 0 Å². The highest BCUT2D eigenvalue weighted by atomic mass is 15.3. The number of aromatic nitrogens is 3.